The summed E-state index contributed by atoms with van der Waals surface area (Å²) in [6, 6.07) is -0.731. The summed E-state index contributed by atoms with van der Waals surface area (Å²) in [6.07, 6.45) is -8.65. The molecule has 0 heterocycles. The van der Waals surface area contributed by atoms with Crippen molar-refractivity contribution in [2.45, 2.75) is 58.9 Å². The maximum absolute atomic E-state index is 13.2. The molecule has 1 atom stereocenters. The van der Waals surface area contributed by atoms with Crippen LogP contribution in [0, 0.1) is 11.8 Å². The maximum Gasteiger partial charge on any atom is 0.417 e. The van der Waals surface area contributed by atoms with E-state index in [1.807, 2.05) is 13.8 Å². The van der Waals surface area contributed by atoms with Crippen LogP contribution in [0.3, 0.4) is 0 Å². The van der Waals surface area contributed by atoms with Gasteiger partial charge in [0.1, 0.15) is 6.04 Å². The fourth-order valence-corrected chi connectivity index (χ4v) is 2.63. The van der Waals surface area contributed by atoms with E-state index in [0.717, 1.165) is 6.42 Å². The van der Waals surface area contributed by atoms with Crippen molar-refractivity contribution >= 4 is 11.9 Å². The minimum atomic E-state index is -5.05. The van der Waals surface area contributed by atoms with Crippen LogP contribution in [-0.2, 0) is 21.9 Å². The number of carbonyl (C=O) groups is 2. The summed E-state index contributed by atoms with van der Waals surface area (Å²) in [5, 5.41) is 2.09. The molecule has 0 saturated carbocycles. The molecule has 30 heavy (non-hydrogen) atoms. The van der Waals surface area contributed by atoms with Gasteiger partial charge in [-0.15, -0.1) is 0 Å². The number of halogens is 6. The topological polar surface area (TPSA) is 55.4 Å². The van der Waals surface area contributed by atoms with Crippen molar-refractivity contribution in [3.05, 3.63) is 34.9 Å². The van der Waals surface area contributed by atoms with Gasteiger partial charge in [0.2, 0.25) is 0 Å². The van der Waals surface area contributed by atoms with Crippen molar-refractivity contribution in [2.75, 3.05) is 6.61 Å². The summed E-state index contributed by atoms with van der Waals surface area (Å²) >= 11 is 0. The number of amides is 1. The van der Waals surface area contributed by atoms with Gasteiger partial charge in [0, 0.05) is 0 Å². The lowest BCUT2D eigenvalue weighted by atomic mass is 10.00. The van der Waals surface area contributed by atoms with Gasteiger partial charge >= 0.3 is 18.3 Å². The number of alkyl halides is 6. The van der Waals surface area contributed by atoms with Crippen LogP contribution in [0.1, 0.15) is 62.0 Å². The summed E-state index contributed by atoms with van der Waals surface area (Å²) in [5.74, 6) is -2.48. The summed E-state index contributed by atoms with van der Waals surface area (Å²) in [4.78, 5) is 24.7. The monoisotopic (exact) mass is 441 g/mol. The lowest BCUT2D eigenvalue weighted by Gasteiger charge is -2.22. The molecule has 0 aliphatic rings. The molecule has 1 amide bonds. The van der Waals surface area contributed by atoms with Gasteiger partial charge in [-0.3, -0.25) is 4.79 Å². The maximum atomic E-state index is 13.2. The number of ether oxygens (including phenoxy) is 1. The largest absolute Gasteiger partial charge is 0.464 e. The number of nitrogens with one attached hydrogen (secondary N) is 1. The highest BCUT2D eigenvalue weighted by Crippen LogP contribution is 2.36. The van der Waals surface area contributed by atoms with Crippen LogP contribution in [0.5, 0.6) is 0 Å². The van der Waals surface area contributed by atoms with Crippen LogP contribution in [0.2, 0.25) is 0 Å². The zero-order valence-electron chi connectivity index (χ0n) is 17.1. The number of esters is 1. The highest BCUT2D eigenvalue weighted by atomic mass is 19.4. The van der Waals surface area contributed by atoms with Gasteiger partial charge in [0.05, 0.1) is 23.3 Å². The van der Waals surface area contributed by atoms with Crippen LogP contribution in [-0.4, -0.2) is 24.5 Å². The fraction of sp³-hybridized carbons (Fsp3) is 0.600. The molecule has 1 aromatic rings. The molecule has 0 spiro atoms. The standard InChI is InChI=1S/C20H25F6NO3/c1-11(2)6-5-9-30-18(29)16(12(3)4)27-17(28)14-10-13(19(21,22)23)7-8-15(14)20(24,25)26/h7-8,10-12,16H,5-6,9H2,1-4H3,(H,27,28). The average Bonchev–Trinajstić information content (AvgIpc) is 2.60. The minimum absolute atomic E-state index is 0.0630. The first-order chi connectivity index (χ1) is 13.6. The summed E-state index contributed by atoms with van der Waals surface area (Å²) in [7, 11) is 0. The summed E-state index contributed by atoms with van der Waals surface area (Å²) in [5.41, 5.74) is -4.14. The second-order valence-electron chi connectivity index (χ2n) is 7.65. The quantitative estimate of drug-likeness (QED) is 0.331. The number of hydrogen-bond acceptors (Lipinski definition) is 3. The van der Waals surface area contributed by atoms with E-state index in [0.29, 0.717) is 12.3 Å². The third-order valence-electron chi connectivity index (χ3n) is 4.27. The minimum Gasteiger partial charge on any atom is -0.464 e. The third kappa shape index (κ3) is 7.53. The Labute approximate surface area is 171 Å². The lowest BCUT2D eigenvalue weighted by molar-refractivity contribution is -0.147. The normalized spacial score (nSPS) is 13.5. The Balaban J connectivity index is 3.10. The Hall–Kier alpha value is -2.26. The molecule has 0 fully saturated rings. The predicted molar refractivity (Wildman–Crippen MR) is 97.6 cm³/mol. The zero-order valence-corrected chi connectivity index (χ0v) is 17.1. The van der Waals surface area contributed by atoms with Crippen molar-refractivity contribution in [1.29, 1.82) is 0 Å². The predicted octanol–water partition coefficient (Wildman–Crippen LogP) is 5.46. The number of rotatable bonds is 8. The van der Waals surface area contributed by atoms with Gasteiger partial charge in [-0.1, -0.05) is 27.7 Å². The Morgan fingerprint density at radius 1 is 1.00 bits per heavy atom. The molecule has 1 aromatic carbocycles. The van der Waals surface area contributed by atoms with Crippen LogP contribution in [0.4, 0.5) is 26.3 Å². The molecule has 1 unspecified atom stereocenters. The number of benzene rings is 1. The van der Waals surface area contributed by atoms with Crippen molar-refractivity contribution in [3.63, 3.8) is 0 Å². The first-order valence-corrected chi connectivity index (χ1v) is 9.40. The van der Waals surface area contributed by atoms with E-state index in [9.17, 15) is 35.9 Å². The fourth-order valence-electron chi connectivity index (χ4n) is 2.63. The molecule has 1 N–H and O–H groups in total. The van der Waals surface area contributed by atoms with Crippen molar-refractivity contribution < 1.29 is 40.7 Å². The molecule has 4 nitrogen and oxygen atoms in total. The van der Waals surface area contributed by atoms with E-state index in [4.69, 9.17) is 4.74 Å². The molecule has 170 valence electrons. The number of carbonyl (C=O) groups excluding carboxylic acids is 2. The average molecular weight is 441 g/mol. The van der Waals surface area contributed by atoms with E-state index in [2.05, 4.69) is 5.32 Å². The molecule has 0 aromatic heterocycles. The molecule has 0 bridgehead atoms. The molecule has 0 aliphatic carbocycles. The second-order valence-corrected chi connectivity index (χ2v) is 7.65. The summed E-state index contributed by atoms with van der Waals surface area (Å²) in [6.45, 7) is 7.07. The number of hydrogen-bond donors (Lipinski definition) is 1. The van der Waals surface area contributed by atoms with E-state index in [1.54, 1.807) is 0 Å². The summed E-state index contributed by atoms with van der Waals surface area (Å²) < 4.78 is 83.5. The Kier molecular flexibility index (Phi) is 8.74. The molecule has 10 heteroatoms. The molecule has 1 rings (SSSR count). The Morgan fingerprint density at radius 3 is 2.07 bits per heavy atom. The van der Waals surface area contributed by atoms with Gasteiger partial charge < -0.3 is 10.1 Å². The van der Waals surface area contributed by atoms with Crippen molar-refractivity contribution in [2.24, 2.45) is 11.8 Å². The van der Waals surface area contributed by atoms with Gasteiger partial charge in [-0.2, -0.15) is 26.3 Å². The van der Waals surface area contributed by atoms with Crippen molar-refractivity contribution in [3.8, 4) is 0 Å². The van der Waals surface area contributed by atoms with Crippen LogP contribution in [0.15, 0.2) is 18.2 Å². The van der Waals surface area contributed by atoms with Crippen molar-refractivity contribution in [1.82, 2.24) is 5.32 Å². The van der Waals surface area contributed by atoms with Gasteiger partial charge in [-0.25, -0.2) is 4.79 Å². The molecule has 0 radical (unpaired) electrons. The van der Waals surface area contributed by atoms with E-state index >= 15 is 0 Å². The highest BCUT2D eigenvalue weighted by molar-refractivity contribution is 5.98. The third-order valence-corrected chi connectivity index (χ3v) is 4.27. The highest BCUT2D eigenvalue weighted by Gasteiger charge is 2.39. The van der Waals surface area contributed by atoms with Gasteiger partial charge in [-0.05, 0) is 42.9 Å². The smallest absolute Gasteiger partial charge is 0.417 e. The molecular formula is C20H25F6NO3. The first-order valence-electron chi connectivity index (χ1n) is 9.40. The van der Waals surface area contributed by atoms with Gasteiger partial charge in [0.15, 0.2) is 0 Å². The van der Waals surface area contributed by atoms with Crippen LogP contribution < -0.4 is 5.32 Å². The molecule has 0 saturated heterocycles. The lowest BCUT2D eigenvalue weighted by Crippen LogP contribution is -2.46. The van der Waals surface area contributed by atoms with E-state index in [-0.39, 0.29) is 24.8 Å². The van der Waals surface area contributed by atoms with Crippen LogP contribution >= 0.6 is 0 Å². The Bertz CT molecular complexity index is 741. The van der Waals surface area contributed by atoms with E-state index in [1.165, 1.54) is 13.8 Å². The van der Waals surface area contributed by atoms with E-state index < -0.39 is 52.9 Å². The molecule has 0 aliphatic heterocycles. The van der Waals surface area contributed by atoms with Crippen LogP contribution in [0.25, 0.3) is 0 Å². The molecular weight excluding hydrogens is 416 g/mol. The Morgan fingerprint density at radius 2 is 1.60 bits per heavy atom. The second kappa shape index (κ2) is 10.2. The SMILES string of the molecule is CC(C)CCCOC(=O)C(NC(=O)c1cc(C(F)(F)F)ccc1C(F)(F)F)C(C)C. The zero-order chi connectivity index (χ0) is 23.3. The van der Waals surface area contributed by atoms with Gasteiger partial charge in [0.25, 0.3) is 5.91 Å². The first kappa shape index (κ1) is 25.8.